The monoisotopic (exact) mass is 289 g/mol. The minimum atomic E-state index is 0.125. The lowest BCUT2D eigenvalue weighted by atomic mass is 10.1. The van der Waals surface area contributed by atoms with Crippen LogP contribution < -0.4 is 5.32 Å². The van der Waals surface area contributed by atoms with E-state index in [1.807, 2.05) is 19.2 Å². The maximum absolute atomic E-state index is 13.0. The molecule has 0 saturated heterocycles. The van der Waals surface area contributed by atoms with Gasteiger partial charge in [-0.1, -0.05) is 26.7 Å². The number of nitrogens with zero attached hydrogens (tertiary/aromatic N) is 2. The molecule has 2 rings (SSSR count). The zero-order valence-electron chi connectivity index (χ0n) is 13.4. The van der Waals surface area contributed by atoms with E-state index in [2.05, 4.69) is 29.0 Å². The Hall–Kier alpha value is -1.58. The molecule has 0 aliphatic heterocycles. The molecule has 1 aromatic heterocycles. The Balaban J connectivity index is 2.20. The third-order valence-electron chi connectivity index (χ3n) is 4.25. The van der Waals surface area contributed by atoms with Gasteiger partial charge in [0.25, 0.3) is 5.91 Å². The van der Waals surface area contributed by atoms with E-state index in [0.717, 1.165) is 25.8 Å². The van der Waals surface area contributed by atoms with Crippen molar-refractivity contribution in [3.05, 3.63) is 23.9 Å². The zero-order chi connectivity index (χ0) is 15.2. The number of rotatable bonds is 6. The van der Waals surface area contributed by atoms with E-state index < -0.39 is 0 Å². The molecule has 0 spiro atoms. The largest absolute Gasteiger partial charge is 0.372 e. The Morgan fingerprint density at radius 2 is 2.14 bits per heavy atom. The third kappa shape index (κ3) is 3.96. The fourth-order valence-corrected chi connectivity index (χ4v) is 2.99. The van der Waals surface area contributed by atoms with E-state index in [1.54, 1.807) is 6.20 Å². The number of carbonyl (C=O) groups excluding carboxylic acids is 1. The van der Waals surface area contributed by atoms with Gasteiger partial charge < -0.3 is 10.2 Å². The van der Waals surface area contributed by atoms with E-state index in [0.29, 0.717) is 23.3 Å². The summed E-state index contributed by atoms with van der Waals surface area (Å²) in [7, 11) is 1.81. The highest BCUT2D eigenvalue weighted by Gasteiger charge is 2.28. The summed E-state index contributed by atoms with van der Waals surface area (Å²) < 4.78 is 0. The molecule has 0 atom stereocenters. The highest BCUT2D eigenvalue weighted by atomic mass is 16.2. The van der Waals surface area contributed by atoms with Crippen LogP contribution in [0.25, 0.3) is 0 Å². The molecular weight excluding hydrogens is 262 g/mol. The molecule has 1 aromatic rings. The summed E-state index contributed by atoms with van der Waals surface area (Å²) in [6.45, 7) is 5.26. The molecule has 0 radical (unpaired) electrons. The van der Waals surface area contributed by atoms with Crippen molar-refractivity contribution in [1.82, 2.24) is 9.88 Å². The van der Waals surface area contributed by atoms with E-state index in [9.17, 15) is 4.79 Å². The van der Waals surface area contributed by atoms with Gasteiger partial charge in [-0.05, 0) is 37.3 Å². The number of amides is 1. The van der Waals surface area contributed by atoms with E-state index in [1.165, 1.54) is 12.8 Å². The van der Waals surface area contributed by atoms with Gasteiger partial charge in [-0.3, -0.25) is 4.79 Å². The quantitative estimate of drug-likeness (QED) is 0.871. The first-order chi connectivity index (χ1) is 10.1. The van der Waals surface area contributed by atoms with Crippen molar-refractivity contribution in [3.8, 4) is 0 Å². The molecule has 1 aliphatic rings. The smallest absolute Gasteiger partial charge is 0.257 e. The van der Waals surface area contributed by atoms with Crippen molar-refractivity contribution >= 4 is 11.7 Å². The van der Waals surface area contributed by atoms with Gasteiger partial charge in [0, 0.05) is 25.8 Å². The first-order valence-corrected chi connectivity index (χ1v) is 8.07. The summed E-state index contributed by atoms with van der Waals surface area (Å²) in [4.78, 5) is 19.3. The summed E-state index contributed by atoms with van der Waals surface area (Å²) in [5.74, 6) is 1.41. The molecule has 1 heterocycles. The van der Waals surface area contributed by atoms with Gasteiger partial charge >= 0.3 is 0 Å². The van der Waals surface area contributed by atoms with Crippen molar-refractivity contribution in [3.63, 3.8) is 0 Å². The van der Waals surface area contributed by atoms with Crippen molar-refractivity contribution in [2.45, 2.75) is 52.0 Å². The average molecular weight is 289 g/mol. The van der Waals surface area contributed by atoms with Crippen molar-refractivity contribution in [2.24, 2.45) is 5.92 Å². The summed E-state index contributed by atoms with van der Waals surface area (Å²) in [5, 5.41) is 3.03. The van der Waals surface area contributed by atoms with Crippen LogP contribution in [0.5, 0.6) is 0 Å². The number of carbonyl (C=O) groups is 1. The van der Waals surface area contributed by atoms with Crippen molar-refractivity contribution in [2.75, 3.05) is 18.9 Å². The normalized spacial score (nSPS) is 15.4. The first kappa shape index (κ1) is 15.8. The van der Waals surface area contributed by atoms with Gasteiger partial charge in [0.05, 0.1) is 5.56 Å². The highest BCUT2D eigenvalue weighted by Crippen LogP contribution is 2.26. The second-order valence-electron chi connectivity index (χ2n) is 6.27. The summed E-state index contributed by atoms with van der Waals surface area (Å²) in [6.07, 6.45) is 7.52. The van der Waals surface area contributed by atoms with Crippen LogP contribution >= 0.6 is 0 Å². The van der Waals surface area contributed by atoms with Gasteiger partial charge in [0.2, 0.25) is 0 Å². The predicted molar refractivity (Wildman–Crippen MR) is 86.5 cm³/mol. The van der Waals surface area contributed by atoms with E-state index in [4.69, 9.17) is 0 Å². The maximum Gasteiger partial charge on any atom is 0.257 e. The molecule has 0 aromatic carbocycles. The van der Waals surface area contributed by atoms with Crippen LogP contribution in [0.3, 0.4) is 0 Å². The molecule has 1 fully saturated rings. The average Bonchev–Trinajstić information content (AvgIpc) is 3.01. The predicted octanol–water partition coefficient (Wildman–Crippen LogP) is 3.55. The topological polar surface area (TPSA) is 45.2 Å². The lowest BCUT2D eigenvalue weighted by Crippen LogP contribution is -2.40. The molecular formula is C17H27N3O. The van der Waals surface area contributed by atoms with Crippen molar-refractivity contribution in [1.29, 1.82) is 0 Å². The molecule has 1 amide bonds. The highest BCUT2D eigenvalue weighted by molar-refractivity contribution is 5.98. The first-order valence-electron chi connectivity index (χ1n) is 8.07. The summed E-state index contributed by atoms with van der Waals surface area (Å²) in [6, 6.07) is 4.11. The third-order valence-corrected chi connectivity index (χ3v) is 4.25. The fourth-order valence-electron chi connectivity index (χ4n) is 2.99. The Morgan fingerprint density at radius 3 is 2.76 bits per heavy atom. The number of hydrogen-bond acceptors (Lipinski definition) is 3. The Morgan fingerprint density at radius 1 is 1.43 bits per heavy atom. The Bertz CT molecular complexity index is 467. The van der Waals surface area contributed by atoms with Gasteiger partial charge in [-0.15, -0.1) is 0 Å². The second kappa shape index (κ2) is 7.43. The number of hydrogen-bond donors (Lipinski definition) is 1. The van der Waals surface area contributed by atoms with Crippen LogP contribution in [-0.2, 0) is 0 Å². The fraction of sp³-hybridized carbons (Fsp3) is 0.647. The lowest BCUT2D eigenvalue weighted by molar-refractivity contribution is 0.0672. The van der Waals surface area contributed by atoms with E-state index in [-0.39, 0.29) is 5.91 Å². The SMILES string of the molecule is CNc1ncccc1C(=O)N(CCC(C)C)C1CCCC1. The molecule has 1 N–H and O–H groups in total. The van der Waals surface area contributed by atoms with Crippen LogP contribution in [-0.4, -0.2) is 35.4 Å². The molecule has 1 saturated carbocycles. The van der Waals surface area contributed by atoms with Gasteiger partial charge in [-0.25, -0.2) is 4.98 Å². The summed E-state index contributed by atoms with van der Waals surface area (Å²) >= 11 is 0. The standard InChI is InChI=1S/C17H27N3O/c1-13(2)10-12-20(14-7-4-5-8-14)17(21)15-9-6-11-19-16(15)18-3/h6,9,11,13-14H,4-5,7-8,10,12H2,1-3H3,(H,18,19). The lowest BCUT2D eigenvalue weighted by Gasteiger charge is -2.30. The molecule has 116 valence electrons. The Labute approximate surface area is 127 Å². The van der Waals surface area contributed by atoms with Gasteiger partial charge in [0.1, 0.15) is 5.82 Å². The minimum absolute atomic E-state index is 0.125. The molecule has 0 bridgehead atoms. The molecule has 1 aliphatic carbocycles. The Kier molecular flexibility index (Phi) is 5.59. The molecule has 0 unspecified atom stereocenters. The van der Waals surface area contributed by atoms with Crippen LogP contribution in [0.2, 0.25) is 0 Å². The maximum atomic E-state index is 13.0. The van der Waals surface area contributed by atoms with Crippen LogP contribution in [0.15, 0.2) is 18.3 Å². The number of pyridine rings is 1. The summed E-state index contributed by atoms with van der Waals surface area (Å²) in [5.41, 5.74) is 0.690. The van der Waals surface area contributed by atoms with Crippen LogP contribution in [0.4, 0.5) is 5.82 Å². The zero-order valence-corrected chi connectivity index (χ0v) is 13.4. The van der Waals surface area contributed by atoms with Crippen LogP contribution in [0, 0.1) is 5.92 Å². The molecule has 4 heteroatoms. The number of aromatic nitrogens is 1. The molecule has 4 nitrogen and oxygen atoms in total. The number of nitrogens with one attached hydrogen (secondary N) is 1. The van der Waals surface area contributed by atoms with Crippen LogP contribution in [0.1, 0.15) is 56.3 Å². The number of anilines is 1. The van der Waals surface area contributed by atoms with Gasteiger partial charge in [-0.2, -0.15) is 0 Å². The van der Waals surface area contributed by atoms with Crippen molar-refractivity contribution < 1.29 is 4.79 Å². The minimum Gasteiger partial charge on any atom is -0.372 e. The van der Waals surface area contributed by atoms with E-state index >= 15 is 0 Å². The second-order valence-corrected chi connectivity index (χ2v) is 6.27. The van der Waals surface area contributed by atoms with Gasteiger partial charge in [0.15, 0.2) is 0 Å². The molecule has 21 heavy (non-hydrogen) atoms.